The fraction of sp³-hybridized carbons (Fsp3) is 0.308. The molecule has 2 aromatic rings. The molecule has 0 fully saturated rings. The molecule has 90 valence electrons. The van der Waals surface area contributed by atoms with E-state index in [9.17, 15) is 0 Å². The molecule has 17 heavy (non-hydrogen) atoms. The van der Waals surface area contributed by atoms with E-state index in [-0.39, 0.29) is 0 Å². The maximum Gasteiger partial charge on any atom is 0.122 e. The maximum absolute atomic E-state index is 5.58. The Bertz CT molecular complexity index is 534. The zero-order valence-corrected chi connectivity index (χ0v) is 11.1. The predicted molar refractivity (Wildman–Crippen MR) is 71.5 cm³/mol. The van der Waals surface area contributed by atoms with Gasteiger partial charge in [-0.05, 0) is 37.1 Å². The van der Waals surface area contributed by atoms with Gasteiger partial charge in [0.05, 0.1) is 12.8 Å². The summed E-state index contributed by atoms with van der Waals surface area (Å²) in [5.74, 6) is 0.917. The molecular weight excluding hydrogens is 232 g/mol. The number of thiazole rings is 1. The van der Waals surface area contributed by atoms with Crippen LogP contribution < -0.4 is 10.5 Å². The Morgan fingerprint density at radius 3 is 2.65 bits per heavy atom. The standard InChI is InChI=1S/C13H16N2OS/c1-8-9(2)12(16-3)5-4-10(8)11-7-17-13(6-14)15-11/h4-5,7H,6,14H2,1-3H3. The highest BCUT2D eigenvalue weighted by Crippen LogP contribution is 2.31. The zero-order valence-electron chi connectivity index (χ0n) is 10.3. The van der Waals surface area contributed by atoms with Crippen molar-refractivity contribution in [3.63, 3.8) is 0 Å². The van der Waals surface area contributed by atoms with E-state index in [1.165, 1.54) is 5.56 Å². The normalized spacial score (nSPS) is 10.6. The van der Waals surface area contributed by atoms with E-state index in [1.807, 2.05) is 6.07 Å². The van der Waals surface area contributed by atoms with Crippen LogP contribution in [0.4, 0.5) is 0 Å². The second-order valence-electron chi connectivity index (χ2n) is 3.90. The Morgan fingerprint density at radius 1 is 1.29 bits per heavy atom. The van der Waals surface area contributed by atoms with Crippen molar-refractivity contribution in [2.24, 2.45) is 5.73 Å². The molecule has 0 bridgehead atoms. The van der Waals surface area contributed by atoms with Crippen molar-refractivity contribution in [3.05, 3.63) is 33.6 Å². The molecule has 1 aromatic heterocycles. The van der Waals surface area contributed by atoms with Crippen LogP contribution in [0.2, 0.25) is 0 Å². The van der Waals surface area contributed by atoms with Gasteiger partial charge in [0.1, 0.15) is 10.8 Å². The van der Waals surface area contributed by atoms with Crippen molar-refractivity contribution in [2.45, 2.75) is 20.4 Å². The summed E-state index contributed by atoms with van der Waals surface area (Å²) >= 11 is 1.60. The van der Waals surface area contributed by atoms with E-state index in [0.717, 1.165) is 27.6 Å². The van der Waals surface area contributed by atoms with Crippen LogP contribution in [0.25, 0.3) is 11.3 Å². The van der Waals surface area contributed by atoms with Gasteiger partial charge in [-0.1, -0.05) is 0 Å². The molecule has 0 unspecified atom stereocenters. The van der Waals surface area contributed by atoms with Crippen molar-refractivity contribution in [1.29, 1.82) is 0 Å². The monoisotopic (exact) mass is 248 g/mol. The molecule has 3 nitrogen and oxygen atoms in total. The van der Waals surface area contributed by atoms with Crippen molar-refractivity contribution in [2.75, 3.05) is 7.11 Å². The number of aromatic nitrogens is 1. The number of nitrogens with two attached hydrogens (primary N) is 1. The Morgan fingerprint density at radius 2 is 2.06 bits per heavy atom. The van der Waals surface area contributed by atoms with Crippen molar-refractivity contribution in [1.82, 2.24) is 4.98 Å². The summed E-state index contributed by atoms with van der Waals surface area (Å²) in [5, 5.41) is 3.02. The Hall–Kier alpha value is -1.39. The number of nitrogens with zero attached hydrogens (tertiary/aromatic N) is 1. The van der Waals surface area contributed by atoms with Crippen LogP contribution >= 0.6 is 11.3 Å². The van der Waals surface area contributed by atoms with Gasteiger partial charge in [-0.3, -0.25) is 0 Å². The number of methoxy groups -OCH3 is 1. The summed E-state index contributed by atoms with van der Waals surface area (Å²) in [4.78, 5) is 4.51. The summed E-state index contributed by atoms with van der Waals surface area (Å²) < 4.78 is 5.31. The lowest BCUT2D eigenvalue weighted by atomic mass is 10.0. The SMILES string of the molecule is COc1ccc(-c2csc(CN)n2)c(C)c1C. The summed E-state index contributed by atoms with van der Waals surface area (Å²) in [7, 11) is 1.69. The summed E-state index contributed by atoms with van der Waals surface area (Å²) in [6.45, 7) is 4.65. The molecule has 0 radical (unpaired) electrons. The molecule has 0 spiro atoms. The van der Waals surface area contributed by atoms with Crippen LogP contribution in [0.5, 0.6) is 5.75 Å². The van der Waals surface area contributed by atoms with Gasteiger partial charge < -0.3 is 10.5 Å². The van der Waals surface area contributed by atoms with Crippen LogP contribution in [-0.4, -0.2) is 12.1 Å². The van der Waals surface area contributed by atoms with Crippen LogP contribution in [0.3, 0.4) is 0 Å². The highest BCUT2D eigenvalue weighted by molar-refractivity contribution is 7.09. The molecule has 0 aliphatic heterocycles. The highest BCUT2D eigenvalue weighted by Gasteiger charge is 2.10. The van der Waals surface area contributed by atoms with E-state index < -0.39 is 0 Å². The van der Waals surface area contributed by atoms with Gasteiger partial charge in [-0.15, -0.1) is 11.3 Å². The zero-order chi connectivity index (χ0) is 12.4. The molecule has 2 rings (SSSR count). The minimum Gasteiger partial charge on any atom is -0.496 e. The lowest BCUT2D eigenvalue weighted by Crippen LogP contribution is -1.96. The summed E-state index contributed by atoms with van der Waals surface area (Å²) in [6, 6.07) is 4.04. The van der Waals surface area contributed by atoms with Crippen molar-refractivity contribution in [3.8, 4) is 17.0 Å². The number of hydrogen-bond acceptors (Lipinski definition) is 4. The van der Waals surface area contributed by atoms with Crippen LogP contribution in [0.15, 0.2) is 17.5 Å². The van der Waals surface area contributed by atoms with E-state index in [4.69, 9.17) is 10.5 Å². The molecule has 4 heteroatoms. The average molecular weight is 248 g/mol. The third kappa shape index (κ3) is 2.18. The molecule has 0 saturated carbocycles. The van der Waals surface area contributed by atoms with Gasteiger partial charge in [0.15, 0.2) is 0 Å². The molecule has 0 aliphatic carbocycles. The molecule has 0 amide bonds. The first-order valence-corrected chi connectivity index (χ1v) is 6.34. The third-order valence-corrected chi connectivity index (χ3v) is 3.83. The fourth-order valence-corrected chi connectivity index (χ4v) is 2.50. The van der Waals surface area contributed by atoms with Crippen molar-refractivity contribution < 1.29 is 4.74 Å². The van der Waals surface area contributed by atoms with E-state index in [2.05, 4.69) is 30.3 Å². The van der Waals surface area contributed by atoms with Crippen molar-refractivity contribution >= 4 is 11.3 Å². The van der Waals surface area contributed by atoms with Crippen LogP contribution in [0.1, 0.15) is 16.1 Å². The Kier molecular flexibility index (Phi) is 3.45. The van der Waals surface area contributed by atoms with Gasteiger partial charge >= 0.3 is 0 Å². The molecule has 1 heterocycles. The largest absolute Gasteiger partial charge is 0.496 e. The number of hydrogen-bond donors (Lipinski definition) is 1. The van der Waals surface area contributed by atoms with Crippen LogP contribution in [-0.2, 0) is 6.54 Å². The predicted octanol–water partition coefficient (Wildman–Crippen LogP) is 2.89. The van der Waals surface area contributed by atoms with Crippen LogP contribution in [0, 0.1) is 13.8 Å². The Balaban J connectivity index is 2.49. The molecule has 1 aromatic carbocycles. The first kappa shape index (κ1) is 12.1. The van der Waals surface area contributed by atoms with Gasteiger partial charge in [-0.2, -0.15) is 0 Å². The summed E-state index contributed by atoms with van der Waals surface area (Å²) in [6.07, 6.45) is 0. The minimum absolute atomic E-state index is 0.499. The van der Waals surface area contributed by atoms with Gasteiger partial charge in [0, 0.05) is 17.5 Å². The van der Waals surface area contributed by atoms with E-state index in [0.29, 0.717) is 6.54 Å². The molecule has 0 aliphatic rings. The molecule has 0 atom stereocenters. The first-order chi connectivity index (χ1) is 8.17. The maximum atomic E-state index is 5.58. The molecule has 2 N–H and O–H groups in total. The Labute approximate surface area is 105 Å². The van der Waals surface area contributed by atoms with Gasteiger partial charge in [0.2, 0.25) is 0 Å². The molecular formula is C13H16N2OS. The fourth-order valence-electron chi connectivity index (χ4n) is 1.82. The molecule has 0 saturated heterocycles. The average Bonchev–Trinajstić information content (AvgIpc) is 2.81. The topological polar surface area (TPSA) is 48.1 Å². The van der Waals surface area contributed by atoms with E-state index in [1.54, 1.807) is 18.4 Å². The van der Waals surface area contributed by atoms with E-state index >= 15 is 0 Å². The van der Waals surface area contributed by atoms with Gasteiger partial charge in [-0.25, -0.2) is 4.98 Å². The number of ether oxygens (including phenoxy) is 1. The minimum atomic E-state index is 0.499. The number of rotatable bonds is 3. The third-order valence-electron chi connectivity index (χ3n) is 2.96. The first-order valence-electron chi connectivity index (χ1n) is 5.46. The quantitative estimate of drug-likeness (QED) is 0.908. The van der Waals surface area contributed by atoms with Gasteiger partial charge in [0.25, 0.3) is 0 Å². The second-order valence-corrected chi connectivity index (χ2v) is 4.84. The summed E-state index contributed by atoms with van der Waals surface area (Å²) in [5.41, 5.74) is 10.1. The number of benzene rings is 1. The lowest BCUT2D eigenvalue weighted by molar-refractivity contribution is 0.411. The highest BCUT2D eigenvalue weighted by atomic mass is 32.1. The smallest absolute Gasteiger partial charge is 0.122 e. The second kappa shape index (κ2) is 4.85. The lowest BCUT2D eigenvalue weighted by Gasteiger charge is -2.10.